The van der Waals surface area contributed by atoms with Crippen molar-refractivity contribution in [1.29, 1.82) is 0 Å². The van der Waals surface area contributed by atoms with Crippen LogP contribution in [0, 0.1) is 5.92 Å². The molecule has 0 saturated carbocycles. The van der Waals surface area contributed by atoms with Gasteiger partial charge in [-0.25, -0.2) is 4.99 Å². The highest BCUT2D eigenvalue weighted by Crippen LogP contribution is 2.22. The Balaban J connectivity index is 3.22. The molecule has 0 fully saturated rings. The van der Waals surface area contributed by atoms with E-state index in [-0.39, 0.29) is 0 Å². The van der Waals surface area contributed by atoms with E-state index in [0.717, 1.165) is 24.3 Å². The number of amidine groups is 1. The molecular formula is C18H26N2. The molecule has 1 heterocycles. The number of allylic oxidation sites excluding steroid dienone is 5. The van der Waals surface area contributed by atoms with Crippen molar-refractivity contribution >= 4 is 5.84 Å². The molecule has 0 spiro atoms. The van der Waals surface area contributed by atoms with Gasteiger partial charge in [-0.3, -0.25) is 0 Å². The Labute approximate surface area is 123 Å². The molecule has 0 aromatic heterocycles. The summed E-state index contributed by atoms with van der Waals surface area (Å²) in [5.74, 6) is 1.44. The summed E-state index contributed by atoms with van der Waals surface area (Å²) in [4.78, 5) is 4.29. The monoisotopic (exact) mass is 270 g/mol. The second-order valence-electron chi connectivity index (χ2n) is 4.99. The Morgan fingerprint density at radius 1 is 1.45 bits per heavy atom. The van der Waals surface area contributed by atoms with Crippen LogP contribution in [0.4, 0.5) is 0 Å². The summed E-state index contributed by atoms with van der Waals surface area (Å²) in [6, 6.07) is 0. The Kier molecular flexibility index (Phi) is 6.78. The predicted octanol–water partition coefficient (Wildman–Crippen LogP) is 4.90. The van der Waals surface area contributed by atoms with Gasteiger partial charge in [-0.2, -0.15) is 0 Å². The van der Waals surface area contributed by atoms with Crippen LogP contribution in [-0.4, -0.2) is 5.84 Å². The van der Waals surface area contributed by atoms with E-state index in [9.17, 15) is 0 Å². The van der Waals surface area contributed by atoms with Crippen molar-refractivity contribution in [2.75, 3.05) is 0 Å². The fraction of sp³-hybridized carbons (Fsp3) is 0.389. The van der Waals surface area contributed by atoms with Crippen LogP contribution in [0.15, 0.2) is 65.0 Å². The first-order valence-corrected chi connectivity index (χ1v) is 7.35. The summed E-state index contributed by atoms with van der Waals surface area (Å²) in [6.45, 7) is 12.4. The normalized spacial score (nSPS) is 21.4. The SMILES string of the molecule is C=C/N=C1/NC=C/C1=C(/C)C(=CC(C)CC)/C=C\CC. The van der Waals surface area contributed by atoms with Crippen LogP contribution in [0.1, 0.15) is 40.5 Å². The second kappa shape index (κ2) is 8.36. The highest BCUT2D eigenvalue weighted by molar-refractivity contribution is 6.05. The molecule has 0 aromatic carbocycles. The maximum atomic E-state index is 4.29. The molecule has 1 unspecified atom stereocenters. The van der Waals surface area contributed by atoms with Crippen molar-refractivity contribution in [3.63, 3.8) is 0 Å². The highest BCUT2D eigenvalue weighted by atomic mass is 15.0. The van der Waals surface area contributed by atoms with Crippen molar-refractivity contribution in [3.05, 3.63) is 60.0 Å². The predicted molar refractivity (Wildman–Crippen MR) is 89.6 cm³/mol. The number of hydrogen-bond donors (Lipinski definition) is 1. The van der Waals surface area contributed by atoms with Gasteiger partial charge in [0.15, 0.2) is 0 Å². The third kappa shape index (κ3) is 4.37. The quantitative estimate of drug-likeness (QED) is 0.682. The van der Waals surface area contributed by atoms with E-state index >= 15 is 0 Å². The lowest BCUT2D eigenvalue weighted by atomic mass is 9.96. The first kappa shape index (κ1) is 16.2. The van der Waals surface area contributed by atoms with Crippen molar-refractivity contribution in [3.8, 4) is 0 Å². The molecular weight excluding hydrogens is 244 g/mol. The molecule has 1 aliphatic heterocycles. The lowest BCUT2D eigenvalue weighted by Crippen LogP contribution is -2.13. The van der Waals surface area contributed by atoms with Gasteiger partial charge in [-0.05, 0) is 36.5 Å². The maximum Gasteiger partial charge on any atom is 0.137 e. The van der Waals surface area contributed by atoms with Crippen LogP contribution in [-0.2, 0) is 0 Å². The number of rotatable bonds is 6. The van der Waals surface area contributed by atoms with Gasteiger partial charge in [0.1, 0.15) is 5.84 Å². The third-order valence-electron chi connectivity index (χ3n) is 3.42. The average molecular weight is 270 g/mol. The third-order valence-corrected chi connectivity index (χ3v) is 3.42. The first-order chi connectivity index (χ1) is 9.63. The zero-order valence-electron chi connectivity index (χ0n) is 13.1. The summed E-state index contributed by atoms with van der Waals surface area (Å²) >= 11 is 0. The zero-order chi connectivity index (χ0) is 15.0. The summed E-state index contributed by atoms with van der Waals surface area (Å²) in [6.07, 6.45) is 14.5. The topological polar surface area (TPSA) is 24.4 Å². The van der Waals surface area contributed by atoms with E-state index in [1.165, 1.54) is 11.1 Å². The lowest BCUT2D eigenvalue weighted by Gasteiger charge is -2.11. The smallest absolute Gasteiger partial charge is 0.137 e. The Hall–Kier alpha value is -1.83. The first-order valence-electron chi connectivity index (χ1n) is 7.35. The molecule has 2 nitrogen and oxygen atoms in total. The minimum Gasteiger partial charge on any atom is -0.346 e. The summed E-state index contributed by atoms with van der Waals surface area (Å²) < 4.78 is 0. The van der Waals surface area contributed by atoms with Gasteiger partial charge in [0.25, 0.3) is 0 Å². The minimum atomic E-state index is 0.570. The van der Waals surface area contributed by atoms with E-state index in [2.05, 4.69) is 68.9 Å². The molecule has 1 atom stereocenters. The van der Waals surface area contributed by atoms with Crippen molar-refractivity contribution < 1.29 is 0 Å². The van der Waals surface area contributed by atoms with E-state index in [1.54, 1.807) is 6.20 Å². The van der Waals surface area contributed by atoms with Crippen molar-refractivity contribution in [1.82, 2.24) is 5.32 Å². The maximum absolute atomic E-state index is 4.29. The fourth-order valence-electron chi connectivity index (χ4n) is 1.99. The Morgan fingerprint density at radius 2 is 2.20 bits per heavy atom. The van der Waals surface area contributed by atoms with Gasteiger partial charge in [0, 0.05) is 18.0 Å². The number of aliphatic imine (C=N–C) groups is 1. The Bertz CT molecular complexity index is 488. The average Bonchev–Trinajstić information content (AvgIpc) is 2.91. The number of nitrogens with zero attached hydrogens (tertiary/aromatic N) is 1. The van der Waals surface area contributed by atoms with Crippen molar-refractivity contribution in [2.24, 2.45) is 10.9 Å². The molecule has 0 radical (unpaired) electrons. The summed E-state index contributed by atoms with van der Waals surface area (Å²) in [5.41, 5.74) is 3.67. The van der Waals surface area contributed by atoms with Gasteiger partial charge in [0.05, 0.1) is 0 Å². The molecule has 20 heavy (non-hydrogen) atoms. The van der Waals surface area contributed by atoms with E-state index in [0.29, 0.717) is 5.92 Å². The fourth-order valence-corrected chi connectivity index (χ4v) is 1.99. The lowest BCUT2D eigenvalue weighted by molar-refractivity contribution is 0.695. The van der Waals surface area contributed by atoms with Gasteiger partial charge in [-0.15, -0.1) is 0 Å². The largest absolute Gasteiger partial charge is 0.346 e. The van der Waals surface area contributed by atoms with Gasteiger partial charge in [-0.1, -0.05) is 52.0 Å². The molecule has 1 rings (SSSR count). The molecule has 0 aliphatic carbocycles. The number of nitrogens with one attached hydrogen (secondary N) is 1. The summed E-state index contributed by atoms with van der Waals surface area (Å²) in [7, 11) is 0. The molecule has 108 valence electrons. The molecule has 0 amide bonds. The van der Waals surface area contributed by atoms with Crippen LogP contribution in [0.25, 0.3) is 0 Å². The van der Waals surface area contributed by atoms with Crippen LogP contribution in [0.5, 0.6) is 0 Å². The van der Waals surface area contributed by atoms with Gasteiger partial charge in [0.2, 0.25) is 0 Å². The van der Waals surface area contributed by atoms with Crippen LogP contribution < -0.4 is 5.32 Å². The molecule has 2 heteroatoms. The van der Waals surface area contributed by atoms with Crippen molar-refractivity contribution in [2.45, 2.75) is 40.5 Å². The van der Waals surface area contributed by atoms with E-state index in [1.807, 2.05) is 6.20 Å². The molecule has 0 bridgehead atoms. The Morgan fingerprint density at radius 3 is 2.80 bits per heavy atom. The van der Waals surface area contributed by atoms with Gasteiger partial charge < -0.3 is 5.32 Å². The van der Waals surface area contributed by atoms with Gasteiger partial charge >= 0.3 is 0 Å². The van der Waals surface area contributed by atoms with Crippen LogP contribution in [0.2, 0.25) is 0 Å². The minimum absolute atomic E-state index is 0.570. The molecule has 0 saturated heterocycles. The molecule has 1 N–H and O–H groups in total. The second-order valence-corrected chi connectivity index (χ2v) is 4.99. The number of hydrogen-bond acceptors (Lipinski definition) is 1. The highest BCUT2D eigenvalue weighted by Gasteiger charge is 2.13. The zero-order valence-corrected chi connectivity index (χ0v) is 13.1. The van der Waals surface area contributed by atoms with Crippen LogP contribution in [0.3, 0.4) is 0 Å². The molecule has 0 aromatic rings. The van der Waals surface area contributed by atoms with Crippen LogP contribution >= 0.6 is 0 Å². The summed E-state index contributed by atoms with van der Waals surface area (Å²) in [5, 5.41) is 3.16. The standard InChI is InChI=1S/C18H26N2/c1-6-9-10-16(13-14(4)7-2)15(5)17-11-12-20-18(17)19-8-3/h8-14H,3,6-7H2,1-2,4-5H3,(H,19,20)/b10-9-,16-13?,17-15+. The molecule has 1 aliphatic rings. The van der Waals surface area contributed by atoms with E-state index < -0.39 is 0 Å². The van der Waals surface area contributed by atoms with E-state index in [4.69, 9.17) is 0 Å².